The maximum Gasteiger partial charge on any atom is 0.243 e. The van der Waals surface area contributed by atoms with Gasteiger partial charge in [0, 0.05) is 24.0 Å². The second-order valence-corrected chi connectivity index (χ2v) is 10.7. The molecule has 0 fully saturated rings. The van der Waals surface area contributed by atoms with Crippen molar-refractivity contribution < 1.29 is 22.3 Å². The standard InChI is InChI=1S/C26H25FN2O4S2/c1-32-26-16-20(10-11-25(26)33-14-12-23-8-5-15-34-23)18-29(19-22-7-2-3-13-28-22)35(30,31)24-9-4-6-21(27)17-24/h2-11,13,15-17H,12,14,18-19H2,1H3. The molecule has 0 aliphatic carbocycles. The molecule has 0 bridgehead atoms. The van der Waals surface area contributed by atoms with Crippen molar-refractivity contribution in [3.8, 4) is 11.5 Å². The summed E-state index contributed by atoms with van der Waals surface area (Å²) in [6.45, 7) is 0.568. The number of thiophene rings is 1. The maximum absolute atomic E-state index is 13.8. The van der Waals surface area contributed by atoms with Crippen molar-refractivity contribution in [1.82, 2.24) is 9.29 Å². The highest BCUT2D eigenvalue weighted by atomic mass is 32.2. The van der Waals surface area contributed by atoms with Crippen molar-refractivity contribution in [3.05, 3.63) is 106 Å². The van der Waals surface area contributed by atoms with Crippen LogP contribution in [0, 0.1) is 5.82 Å². The fourth-order valence-corrected chi connectivity index (χ4v) is 5.65. The second kappa shape index (κ2) is 11.4. The summed E-state index contributed by atoms with van der Waals surface area (Å²) >= 11 is 1.68. The van der Waals surface area contributed by atoms with Crippen molar-refractivity contribution in [3.63, 3.8) is 0 Å². The number of sulfonamides is 1. The Balaban J connectivity index is 1.57. The third-order valence-electron chi connectivity index (χ3n) is 5.27. The number of nitrogens with zero attached hydrogens (tertiary/aromatic N) is 2. The van der Waals surface area contributed by atoms with Crippen LogP contribution >= 0.6 is 11.3 Å². The van der Waals surface area contributed by atoms with Gasteiger partial charge in [-0.05, 0) is 59.5 Å². The number of benzene rings is 2. The van der Waals surface area contributed by atoms with Gasteiger partial charge in [0.05, 0.1) is 30.9 Å². The van der Waals surface area contributed by atoms with Crippen LogP contribution < -0.4 is 9.47 Å². The van der Waals surface area contributed by atoms with Crippen LogP contribution in [0.25, 0.3) is 0 Å². The Morgan fingerprint density at radius 1 is 0.971 bits per heavy atom. The SMILES string of the molecule is COc1cc(CN(Cc2ccccn2)S(=O)(=O)c2cccc(F)c2)ccc1OCCc1cccs1. The fraction of sp³-hybridized carbons (Fsp3) is 0.192. The average Bonchev–Trinajstić information content (AvgIpc) is 3.38. The van der Waals surface area contributed by atoms with E-state index >= 15 is 0 Å². The lowest BCUT2D eigenvalue weighted by Crippen LogP contribution is -2.30. The molecule has 0 spiro atoms. The predicted octanol–water partition coefficient (Wildman–Crippen LogP) is 5.30. The molecule has 2 aromatic heterocycles. The van der Waals surface area contributed by atoms with Gasteiger partial charge in [0.1, 0.15) is 5.82 Å². The van der Waals surface area contributed by atoms with E-state index in [1.807, 2.05) is 11.4 Å². The Hall–Kier alpha value is -3.27. The van der Waals surface area contributed by atoms with Gasteiger partial charge >= 0.3 is 0 Å². The zero-order valence-corrected chi connectivity index (χ0v) is 20.8. The van der Waals surface area contributed by atoms with Crippen LogP contribution in [-0.2, 0) is 29.5 Å². The van der Waals surface area contributed by atoms with E-state index in [0.29, 0.717) is 29.4 Å². The molecule has 4 aromatic rings. The van der Waals surface area contributed by atoms with E-state index in [1.165, 1.54) is 27.4 Å². The second-order valence-electron chi connectivity index (χ2n) is 7.71. The number of aromatic nitrogens is 1. The monoisotopic (exact) mass is 512 g/mol. The lowest BCUT2D eigenvalue weighted by molar-refractivity contribution is 0.298. The van der Waals surface area contributed by atoms with E-state index in [9.17, 15) is 12.8 Å². The molecule has 0 unspecified atom stereocenters. The molecule has 9 heteroatoms. The fourth-order valence-electron chi connectivity index (χ4n) is 3.52. The third-order valence-corrected chi connectivity index (χ3v) is 8.00. The first-order valence-corrected chi connectivity index (χ1v) is 13.3. The Kier molecular flexibility index (Phi) is 8.12. The molecule has 0 amide bonds. The summed E-state index contributed by atoms with van der Waals surface area (Å²) in [5.41, 5.74) is 1.27. The van der Waals surface area contributed by atoms with Gasteiger partial charge in [-0.25, -0.2) is 12.8 Å². The van der Waals surface area contributed by atoms with Crippen LogP contribution in [0.3, 0.4) is 0 Å². The average molecular weight is 513 g/mol. The normalized spacial score (nSPS) is 11.5. The largest absolute Gasteiger partial charge is 0.493 e. The van der Waals surface area contributed by atoms with Gasteiger partial charge in [0.2, 0.25) is 10.0 Å². The van der Waals surface area contributed by atoms with E-state index in [2.05, 4.69) is 11.1 Å². The molecule has 4 rings (SSSR count). The molecular formula is C26H25FN2O4S2. The first-order chi connectivity index (χ1) is 17.0. The number of halogens is 1. The Bertz CT molecular complexity index is 1350. The van der Waals surface area contributed by atoms with Gasteiger partial charge in [0.15, 0.2) is 11.5 Å². The minimum Gasteiger partial charge on any atom is -0.493 e. The predicted molar refractivity (Wildman–Crippen MR) is 134 cm³/mol. The van der Waals surface area contributed by atoms with Crippen LogP contribution in [0.4, 0.5) is 4.39 Å². The van der Waals surface area contributed by atoms with Crippen LogP contribution in [0.2, 0.25) is 0 Å². The Morgan fingerprint density at radius 3 is 2.57 bits per heavy atom. The number of ether oxygens (including phenoxy) is 2. The molecule has 0 N–H and O–H groups in total. The molecular weight excluding hydrogens is 487 g/mol. The summed E-state index contributed by atoms with van der Waals surface area (Å²) < 4.78 is 53.4. The highest BCUT2D eigenvalue weighted by Crippen LogP contribution is 2.30. The zero-order chi connectivity index (χ0) is 24.7. The Labute approximate surface area is 208 Å². The van der Waals surface area contributed by atoms with Crippen LogP contribution in [-0.4, -0.2) is 31.4 Å². The van der Waals surface area contributed by atoms with Gasteiger partial charge in [0.25, 0.3) is 0 Å². The first-order valence-electron chi connectivity index (χ1n) is 10.9. The highest BCUT2D eigenvalue weighted by molar-refractivity contribution is 7.89. The Morgan fingerprint density at radius 2 is 1.86 bits per heavy atom. The van der Waals surface area contributed by atoms with Gasteiger partial charge < -0.3 is 9.47 Å². The lowest BCUT2D eigenvalue weighted by Gasteiger charge is -2.23. The zero-order valence-electron chi connectivity index (χ0n) is 19.1. The van der Waals surface area contributed by atoms with Crippen LogP contribution in [0.15, 0.2) is 89.3 Å². The molecule has 2 aromatic carbocycles. The number of rotatable bonds is 11. The van der Waals surface area contributed by atoms with Gasteiger partial charge in [-0.1, -0.05) is 24.3 Å². The topological polar surface area (TPSA) is 68.7 Å². The van der Waals surface area contributed by atoms with Crippen LogP contribution in [0.5, 0.6) is 11.5 Å². The lowest BCUT2D eigenvalue weighted by atomic mass is 10.2. The number of pyridine rings is 1. The summed E-state index contributed by atoms with van der Waals surface area (Å²) in [7, 11) is -2.46. The van der Waals surface area contributed by atoms with E-state index < -0.39 is 15.8 Å². The summed E-state index contributed by atoms with van der Waals surface area (Å²) in [6.07, 6.45) is 2.39. The van der Waals surface area contributed by atoms with Crippen molar-refractivity contribution in [2.75, 3.05) is 13.7 Å². The molecule has 6 nitrogen and oxygen atoms in total. The summed E-state index contributed by atoms with van der Waals surface area (Å²) in [6, 6.07) is 19.7. The molecule has 0 radical (unpaired) electrons. The van der Waals surface area contributed by atoms with E-state index in [-0.39, 0.29) is 18.0 Å². The van der Waals surface area contributed by atoms with Gasteiger partial charge in [-0.2, -0.15) is 4.31 Å². The molecule has 0 saturated carbocycles. The number of methoxy groups -OCH3 is 1. The minimum atomic E-state index is -4.01. The van der Waals surface area contributed by atoms with E-state index in [1.54, 1.807) is 61.0 Å². The molecule has 0 saturated heterocycles. The summed E-state index contributed by atoms with van der Waals surface area (Å²) in [4.78, 5) is 5.38. The third kappa shape index (κ3) is 6.45. The molecule has 35 heavy (non-hydrogen) atoms. The van der Waals surface area contributed by atoms with Gasteiger partial charge in [-0.15, -0.1) is 11.3 Å². The molecule has 0 atom stereocenters. The maximum atomic E-state index is 13.8. The molecule has 0 aliphatic heterocycles. The van der Waals surface area contributed by atoms with Gasteiger partial charge in [-0.3, -0.25) is 4.98 Å². The number of hydrogen-bond donors (Lipinski definition) is 0. The first kappa shape index (κ1) is 24.8. The van der Waals surface area contributed by atoms with Crippen molar-refractivity contribution in [2.45, 2.75) is 24.4 Å². The molecule has 2 heterocycles. The highest BCUT2D eigenvalue weighted by Gasteiger charge is 2.26. The molecule has 0 aliphatic rings. The van der Waals surface area contributed by atoms with Crippen molar-refractivity contribution in [2.24, 2.45) is 0 Å². The van der Waals surface area contributed by atoms with Crippen molar-refractivity contribution in [1.29, 1.82) is 0 Å². The number of hydrogen-bond acceptors (Lipinski definition) is 6. The smallest absolute Gasteiger partial charge is 0.243 e. The quantitative estimate of drug-likeness (QED) is 0.273. The van der Waals surface area contributed by atoms with Crippen molar-refractivity contribution >= 4 is 21.4 Å². The van der Waals surface area contributed by atoms with E-state index in [0.717, 1.165) is 12.5 Å². The summed E-state index contributed by atoms with van der Waals surface area (Å²) in [5, 5.41) is 2.03. The van der Waals surface area contributed by atoms with E-state index in [4.69, 9.17) is 9.47 Å². The van der Waals surface area contributed by atoms with Crippen LogP contribution in [0.1, 0.15) is 16.1 Å². The molecule has 182 valence electrons. The summed E-state index contributed by atoms with van der Waals surface area (Å²) in [5.74, 6) is 0.473. The minimum absolute atomic E-state index is 0.0288.